The molecule has 0 spiro atoms. The maximum Gasteiger partial charge on any atom is 0.236 e. The fourth-order valence-electron chi connectivity index (χ4n) is 1.90. The van der Waals surface area contributed by atoms with E-state index in [2.05, 4.69) is 29.6 Å². The fraction of sp³-hybridized carbons (Fsp3) is 0.909. The van der Waals surface area contributed by atoms with Crippen LogP contribution in [0.2, 0.25) is 0 Å². The Kier molecular flexibility index (Phi) is 4.11. The molecule has 1 saturated carbocycles. The maximum absolute atomic E-state index is 11.6. The van der Waals surface area contributed by atoms with Crippen LogP contribution in [-0.4, -0.2) is 50.1 Å². The first-order valence-electron chi connectivity index (χ1n) is 5.64. The molecule has 0 bridgehead atoms. The minimum absolute atomic E-state index is 0.0885. The molecule has 0 aromatic heterocycles. The molecular formula is C11H23N3O. The van der Waals surface area contributed by atoms with Crippen LogP contribution in [0.3, 0.4) is 0 Å². The number of rotatable bonds is 5. The van der Waals surface area contributed by atoms with E-state index in [1.165, 1.54) is 19.3 Å². The van der Waals surface area contributed by atoms with Gasteiger partial charge in [0.05, 0.1) is 6.04 Å². The molecule has 0 aliphatic heterocycles. The second kappa shape index (κ2) is 4.94. The monoisotopic (exact) mass is 213 g/mol. The number of amides is 1. The molecule has 0 radical (unpaired) electrons. The maximum atomic E-state index is 11.6. The average molecular weight is 213 g/mol. The number of likely N-dealkylation sites (N-methyl/N-ethyl adjacent to an activating group) is 2. The van der Waals surface area contributed by atoms with Crippen LogP contribution in [0, 0.1) is 0 Å². The number of hydrogen-bond donors (Lipinski definition) is 2. The molecule has 0 heterocycles. The van der Waals surface area contributed by atoms with Gasteiger partial charge in [0.2, 0.25) is 5.91 Å². The van der Waals surface area contributed by atoms with Gasteiger partial charge in [-0.05, 0) is 47.3 Å². The van der Waals surface area contributed by atoms with Gasteiger partial charge in [-0.15, -0.1) is 0 Å². The topological polar surface area (TPSA) is 44.4 Å². The first kappa shape index (κ1) is 12.5. The van der Waals surface area contributed by atoms with Crippen LogP contribution in [0.4, 0.5) is 0 Å². The summed E-state index contributed by atoms with van der Waals surface area (Å²) >= 11 is 0. The molecule has 1 unspecified atom stereocenters. The number of hydrogen-bond acceptors (Lipinski definition) is 3. The second-order valence-electron chi connectivity index (χ2n) is 4.70. The lowest BCUT2D eigenvalue weighted by Gasteiger charge is -2.47. The molecule has 15 heavy (non-hydrogen) atoms. The molecule has 88 valence electrons. The minimum Gasteiger partial charge on any atom is -0.353 e. The van der Waals surface area contributed by atoms with Crippen molar-refractivity contribution in [3.63, 3.8) is 0 Å². The van der Waals surface area contributed by atoms with Gasteiger partial charge in [0.1, 0.15) is 0 Å². The summed E-state index contributed by atoms with van der Waals surface area (Å²) in [5, 5.41) is 5.95. The summed E-state index contributed by atoms with van der Waals surface area (Å²) in [6.07, 6.45) is 3.65. The summed E-state index contributed by atoms with van der Waals surface area (Å²) in [6, 6.07) is -0.107. The Morgan fingerprint density at radius 3 is 2.40 bits per heavy atom. The fourth-order valence-corrected chi connectivity index (χ4v) is 1.90. The van der Waals surface area contributed by atoms with E-state index in [1.54, 1.807) is 7.05 Å². The largest absolute Gasteiger partial charge is 0.353 e. The zero-order valence-corrected chi connectivity index (χ0v) is 10.3. The molecule has 4 heteroatoms. The van der Waals surface area contributed by atoms with Crippen LogP contribution < -0.4 is 10.6 Å². The van der Waals surface area contributed by atoms with Gasteiger partial charge in [-0.1, -0.05) is 0 Å². The molecule has 1 amide bonds. The van der Waals surface area contributed by atoms with Crippen LogP contribution in [0.1, 0.15) is 26.2 Å². The van der Waals surface area contributed by atoms with Gasteiger partial charge in [0.25, 0.3) is 0 Å². The lowest BCUT2D eigenvalue weighted by Crippen LogP contribution is -2.58. The predicted octanol–water partition coefficient (Wildman–Crippen LogP) is 0.195. The lowest BCUT2D eigenvalue weighted by molar-refractivity contribution is -0.123. The van der Waals surface area contributed by atoms with E-state index in [1.807, 2.05) is 6.92 Å². The second-order valence-corrected chi connectivity index (χ2v) is 4.70. The number of nitrogens with zero attached hydrogens (tertiary/aromatic N) is 1. The highest BCUT2D eigenvalue weighted by Crippen LogP contribution is 2.35. The molecule has 1 aliphatic carbocycles. The van der Waals surface area contributed by atoms with Crippen LogP contribution in [-0.2, 0) is 4.79 Å². The first-order valence-corrected chi connectivity index (χ1v) is 5.64. The zero-order valence-electron chi connectivity index (χ0n) is 10.3. The van der Waals surface area contributed by atoms with E-state index >= 15 is 0 Å². The van der Waals surface area contributed by atoms with Crippen molar-refractivity contribution in [3.8, 4) is 0 Å². The summed E-state index contributed by atoms with van der Waals surface area (Å²) < 4.78 is 0. The third-order valence-corrected chi connectivity index (χ3v) is 3.65. The number of carbonyl (C=O) groups is 1. The third-order valence-electron chi connectivity index (χ3n) is 3.65. The summed E-state index contributed by atoms with van der Waals surface area (Å²) in [5.41, 5.74) is 0.211. The smallest absolute Gasteiger partial charge is 0.236 e. The lowest BCUT2D eigenvalue weighted by atomic mass is 9.75. The zero-order chi connectivity index (χ0) is 11.5. The van der Waals surface area contributed by atoms with Crippen molar-refractivity contribution >= 4 is 5.91 Å². The third kappa shape index (κ3) is 2.69. The van der Waals surface area contributed by atoms with Gasteiger partial charge >= 0.3 is 0 Å². The standard InChI is InChI=1S/C11H23N3O/c1-9(12-2)10(15)13-8-11(14(3)4)6-5-7-11/h9,12H,5-8H2,1-4H3,(H,13,15). The summed E-state index contributed by atoms with van der Waals surface area (Å²) in [5.74, 6) is 0.0885. The van der Waals surface area contributed by atoms with E-state index in [0.717, 1.165) is 6.54 Å². The van der Waals surface area contributed by atoms with Crippen LogP contribution in [0.25, 0.3) is 0 Å². The summed E-state index contributed by atoms with van der Waals surface area (Å²) in [7, 11) is 5.98. The van der Waals surface area contributed by atoms with Gasteiger partial charge in [-0.2, -0.15) is 0 Å². The van der Waals surface area contributed by atoms with E-state index in [4.69, 9.17) is 0 Å². The summed E-state index contributed by atoms with van der Waals surface area (Å²) in [6.45, 7) is 2.64. The molecule has 1 aliphatic rings. The molecule has 1 atom stereocenters. The molecule has 1 rings (SSSR count). The van der Waals surface area contributed by atoms with E-state index in [-0.39, 0.29) is 17.5 Å². The Balaban J connectivity index is 2.38. The Morgan fingerprint density at radius 2 is 2.07 bits per heavy atom. The van der Waals surface area contributed by atoms with Gasteiger partial charge < -0.3 is 15.5 Å². The van der Waals surface area contributed by atoms with Crippen molar-refractivity contribution in [2.45, 2.75) is 37.8 Å². The van der Waals surface area contributed by atoms with Crippen LogP contribution >= 0.6 is 0 Å². The average Bonchev–Trinajstić information content (AvgIpc) is 2.14. The van der Waals surface area contributed by atoms with Crippen molar-refractivity contribution < 1.29 is 4.79 Å². The molecule has 0 aromatic carbocycles. The van der Waals surface area contributed by atoms with Gasteiger partial charge in [-0.3, -0.25) is 4.79 Å². The molecule has 1 fully saturated rings. The minimum atomic E-state index is -0.107. The van der Waals surface area contributed by atoms with Crippen molar-refractivity contribution in [2.75, 3.05) is 27.7 Å². The van der Waals surface area contributed by atoms with Crippen molar-refractivity contribution in [1.82, 2.24) is 15.5 Å². The van der Waals surface area contributed by atoms with Gasteiger partial charge in [0, 0.05) is 12.1 Å². The van der Waals surface area contributed by atoms with Gasteiger partial charge in [-0.25, -0.2) is 0 Å². The predicted molar refractivity (Wildman–Crippen MR) is 61.8 cm³/mol. The highest BCUT2D eigenvalue weighted by molar-refractivity contribution is 5.81. The molecule has 0 aromatic rings. The normalized spacial score (nSPS) is 20.9. The van der Waals surface area contributed by atoms with E-state index in [9.17, 15) is 4.79 Å². The quantitative estimate of drug-likeness (QED) is 0.685. The molecular weight excluding hydrogens is 190 g/mol. The highest BCUT2D eigenvalue weighted by atomic mass is 16.2. The van der Waals surface area contributed by atoms with Crippen molar-refractivity contribution in [2.24, 2.45) is 0 Å². The van der Waals surface area contributed by atoms with Crippen molar-refractivity contribution in [3.05, 3.63) is 0 Å². The Labute approximate surface area is 92.4 Å². The molecule has 2 N–H and O–H groups in total. The van der Waals surface area contributed by atoms with Crippen LogP contribution in [0.15, 0.2) is 0 Å². The SMILES string of the molecule is CNC(C)C(=O)NCC1(N(C)C)CCC1. The van der Waals surface area contributed by atoms with E-state index < -0.39 is 0 Å². The molecule has 0 saturated heterocycles. The number of carbonyl (C=O) groups excluding carboxylic acids is 1. The Morgan fingerprint density at radius 1 is 1.47 bits per heavy atom. The van der Waals surface area contributed by atoms with Gasteiger partial charge in [0.15, 0.2) is 0 Å². The van der Waals surface area contributed by atoms with Crippen LogP contribution in [0.5, 0.6) is 0 Å². The highest BCUT2D eigenvalue weighted by Gasteiger charge is 2.39. The first-order chi connectivity index (χ1) is 7.02. The number of nitrogens with one attached hydrogen (secondary N) is 2. The Hall–Kier alpha value is -0.610. The Bertz CT molecular complexity index is 224. The van der Waals surface area contributed by atoms with Crippen molar-refractivity contribution in [1.29, 1.82) is 0 Å². The summed E-state index contributed by atoms with van der Waals surface area (Å²) in [4.78, 5) is 13.8. The molecule has 4 nitrogen and oxygen atoms in total. The van der Waals surface area contributed by atoms with E-state index in [0.29, 0.717) is 0 Å².